The number of rotatable bonds is 5. The quantitative estimate of drug-likeness (QED) is 0.721. The van der Waals surface area contributed by atoms with Gasteiger partial charge in [-0.2, -0.15) is 5.26 Å². The van der Waals surface area contributed by atoms with Crippen molar-refractivity contribution in [3.8, 4) is 6.07 Å². The van der Waals surface area contributed by atoms with E-state index < -0.39 is 5.38 Å². The average molecular weight is 225 g/mol. The van der Waals surface area contributed by atoms with Crippen molar-refractivity contribution < 1.29 is 4.42 Å². The first-order valence-electron chi connectivity index (χ1n) is 5.09. The highest BCUT2D eigenvalue weighted by molar-refractivity contribution is 6.22. The van der Waals surface area contributed by atoms with Gasteiger partial charge in [0.05, 0.1) is 18.9 Å². The molecule has 0 spiro atoms. The number of nitriles is 1. The lowest BCUT2D eigenvalue weighted by molar-refractivity contribution is 0.240. The summed E-state index contributed by atoms with van der Waals surface area (Å²) in [6.07, 6.45) is 4.08. The second-order valence-electron chi connectivity index (χ2n) is 3.84. The van der Waals surface area contributed by atoms with Gasteiger partial charge in [0, 0.05) is 12.6 Å². The first-order chi connectivity index (χ1) is 7.29. The molecule has 0 aromatic carbocycles. The van der Waals surface area contributed by atoms with Crippen molar-refractivity contribution in [2.75, 3.05) is 6.54 Å². The van der Waals surface area contributed by atoms with Crippen LogP contribution in [0.4, 0.5) is 0 Å². The summed E-state index contributed by atoms with van der Waals surface area (Å²) in [4.78, 5) is 2.22. The van der Waals surface area contributed by atoms with Crippen molar-refractivity contribution >= 4 is 11.6 Å². The predicted octanol–water partition coefficient (Wildman–Crippen LogP) is 2.37. The number of hydrogen-bond donors (Lipinski definition) is 0. The van der Waals surface area contributed by atoms with E-state index in [1.807, 2.05) is 12.1 Å². The highest BCUT2D eigenvalue weighted by Gasteiger charge is 2.30. The fourth-order valence-corrected chi connectivity index (χ4v) is 1.81. The smallest absolute Gasteiger partial charge is 0.133 e. The van der Waals surface area contributed by atoms with Gasteiger partial charge in [0.25, 0.3) is 0 Å². The Bertz CT molecular complexity index is 340. The maximum absolute atomic E-state index is 8.68. The Morgan fingerprint density at radius 3 is 3.00 bits per heavy atom. The number of halogens is 1. The molecule has 1 saturated carbocycles. The van der Waals surface area contributed by atoms with Gasteiger partial charge >= 0.3 is 0 Å². The molecule has 1 aliphatic rings. The highest BCUT2D eigenvalue weighted by Crippen LogP contribution is 2.28. The number of furan rings is 1. The minimum Gasteiger partial charge on any atom is -0.468 e. The van der Waals surface area contributed by atoms with Crippen molar-refractivity contribution in [2.24, 2.45) is 0 Å². The molecule has 1 unspecified atom stereocenters. The Hall–Kier alpha value is -0.980. The topological polar surface area (TPSA) is 40.2 Å². The van der Waals surface area contributed by atoms with Crippen LogP contribution in [0, 0.1) is 11.3 Å². The van der Waals surface area contributed by atoms with E-state index in [4.69, 9.17) is 21.3 Å². The summed E-state index contributed by atoms with van der Waals surface area (Å²) in [7, 11) is 0. The van der Waals surface area contributed by atoms with Crippen LogP contribution in [0.15, 0.2) is 22.8 Å². The molecule has 1 aromatic rings. The second-order valence-corrected chi connectivity index (χ2v) is 4.36. The lowest BCUT2D eigenvalue weighted by atomic mass is 10.3. The van der Waals surface area contributed by atoms with Gasteiger partial charge < -0.3 is 4.42 Å². The molecule has 15 heavy (non-hydrogen) atoms. The molecule has 80 valence electrons. The summed E-state index contributed by atoms with van der Waals surface area (Å²) in [6, 6.07) is 6.47. The van der Waals surface area contributed by atoms with Crippen LogP contribution < -0.4 is 0 Å². The lowest BCUT2D eigenvalue weighted by Gasteiger charge is -2.20. The summed E-state index contributed by atoms with van der Waals surface area (Å²) in [6.45, 7) is 1.37. The maximum Gasteiger partial charge on any atom is 0.133 e. The molecule has 0 bridgehead atoms. The molecule has 2 rings (SSSR count). The zero-order valence-corrected chi connectivity index (χ0v) is 9.15. The van der Waals surface area contributed by atoms with E-state index in [9.17, 15) is 0 Å². The van der Waals surface area contributed by atoms with Crippen LogP contribution in [0.1, 0.15) is 18.6 Å². The number of nitrogens with zero attached hydrogens (tertiary/aromatic N) is 2. The molecule has 1 fully saturated rings. The van der Waals surface area contributed by atoms with Crippen LogP contribution in [-0.2, 0) is 6.54 Å². The third-order valence-corrected chi connectivity index (χ3v) is 2.77. The molecule has 0 amide bonds. The second kappa shape index (κ2) is 4.69. The fraction of sp³-hybridized carbons (Fsp3) is 0.545. The van der Waals surface area contributed by atoms with E-state index in [0.29, 0.717) is 12.6 Å². The molecule has 0 N–H and O–H groups in total. The van der Waals surface area contributed by atoms with E-state index in [2.05, 4.69) is 11.0 Å². The fourth-order valence-electron chi connectivity index (χ4n) is 1.63. The molecule has 1 aliphatic carbocycles. The van der Waals surface area contributed by atoms with Gasteiger partial charge in [-0.1, -0.05) is 0 Å². The third kappa shape index (κ3) is 2.98. The minimum absolute atomic E-state index is 0.430. The van der Waals surface area contributed by atoms with Gasteiger partial charge in [-0.15, -0.1) is 11.6 Å². The standard InChI is InChI=1S/C11H13ClN2O/c12-9(6-13)7-14(10-3-4-10)8-11-2-1-5-15-11/h1-2,5,9-10H,3-4,7-8H2. The van der Waals surface area contributed by atoms with Crippen molar-refractivity contribution in [3.05, 3.63) is 24.2 Å². The maximum atomic E-state index is 8.68. The monoisotopic (exact) mass is 224 g/mol. The van der Waals surface area contributed by atoms with Crippen molar-refractivity contribution in [1.29, 1.82) is 5.26 Å². The van der Waals surface area contributed by atoms with E-state index in [-0.39, 0.29) is 0 Å². The SMILES string of the molecule is N#CC(Cl)CN(Cc1ccco1)C1CC1. The molecule has 1 aromatic heterocycles. The largest absolute Gasteiger partial charge is 0.468 e. The van der Waals surface area contributed by atoms with Crippen LogP contribution in [0.2, 0.25) is 0 Å². The van der Waals surface area contributed by atoms with Gasteiger partial charge in [0.1, 0.15) is 11.1 Å². The molecule has 4 heteroatoms. The van der Waals surface area contributed by atoms with Crippen LogP contribution in [0.3, 0.4) is 0 Å². The summed E-state index contributed by atoms with van der Waals surface area (Å²) in [5.74, 6) is 0.934. The summed E-state index contributed by atoms with van der Waals surface area (Å²) >= 11 is 5.84. The first kappa shape index (κ1) is 10.5. The summed E-state index contributed by atoms with van der Waals surface area (Å²) in [5.41, 5.74) is 0. The molecular formula is C11H13ClN2O. The third-order valence-electron chi connectivity index (χ3n) is 2.54. The predicted molar refractivity (Wildman–Crippen MR) is 57.4 cm³/mol. The Balaban J connectivity index is 1.92. The number of hydrogen-bond acceptors (Lipinski definition) is 3. The van der Waals surface area contributed by atoms with Crippen molar-refractivity contribution in [1.82, 2.24) is 4.90 Å². The Kier molecular flexibility index (Phi) is 3.30. The van der Waals surface area contributed by atoms with Gasteiger partial charge in [-0.25, -0.2) is 0 Å². The normalized spacial score (nSPS) is 17.7. The average Bonchev–Trinajstić information content (AvgIpc) is 2.97. The van der Waals surface area contributed by atoms with E-state index in [0.717, 1.165) is 12.3 Å². The summed E-state index contributed by atoms with van der Waals surface area (Å²) in [5, 5.41) is 8.25. The van der Waals surface area contributed by atoms with Crippen molar-refractivity contribution in [2.45, 2.75) is 30.8 Å². The van der Waals surface area contributed by atoms with Crippen LogP contribution in [0.5, 0.6) is 0 Å². The van der Waals surface area contributed by atoms with Crippen LogP contribution in [-0.4, -0.2) is 22.9 Å². The molecule has 0 aliphatic heterocycles. The molecule has 3 nitrogen and oxygen atoms in total. The van der Waals surface area contributed by atoms with Gasteiger partial charge in [-0.05, 0) is 25.0 Å². The van der Waals surface area contributed by atoms with Gasteiger partial charge in [0.2, 0.25) is 0 Å². The Morgan fingerprint density at radius 1 is 1.67 bits per heavy atom. The Labute approximate surface area is 94.2 Å². The van der Waals surface area contributed by atoms with Gasteiger partial charge in [-0.3, -0.25) is 4.90 Å². The zero-order valence-electron chi connectivity index (χ0n) is 8.40. The number of alkyl halides is 1. The van der Waals surface area contributed by atoms with E-state index in [1.54, 1.807) is 6.26 Å². The summed E-state index contributed by atoms with van der Waals surface area (Å²) < 4.78 is 5.29. The van der Waals surface area contributed by atoms with Gasteiger partial charge in [0.15, 0.2) is 0 Å². The molecular weight excluding hydrogens is 212 g/mol. The van der Waals surface area contributed by atoms with E-state index in [1.165, 1.54) is 12.8 Å². The minimum atomic E-state index is -0.430. The highest BCUT2D eigenvalue weighted by atomic mass is 35.5. The molecule has 0 saturated heterocycles. The Morgan fingerprint density at radius 2 is 2.47 bits per heavy atom. The molecule has 1 heterocycles. The van der Waals surface area contributed by atoms with Crippen molar-refractivity contribution in [3.63, 3.8) is 0 Å². The molecule has 1 atom stereocenters. The lowest BCUT2D eigenvalue weighted by Crippen LogP contribution is -2.31. The van der Waals surface area contributed by atoms with E-state index >= 15 is 0 Å². The first-order valence-corrected chi connectivity index (χ1v) is 5.53. The zero-order chi connectivity index (χ0) is 10.7. The molecule has 0 radical (unpaired) electrons. The van der Waals surface area contributed by atoms with Crippen LogP contribution in [0.25, 0.3) is 0 Å². The van der Waals surface area contributed by atoms with Crippen LogP contribution >= 0.6 is 11.6 Å².